The molecule has 1 aromatic carbocycles. The van der Waals surface area contributed by atoms with Crippen molar-refractivity contribution >= 4 is 5.97 Å². The first-order chi connectivity index (χ1) is 9.91. The van der Waals surface area contributed by atoms with Crippen molar-refractivity contribution in [2.75, 3.05) is 7.11 Å². The fraction of sp³-hybridized carbons (Fsp3) is 0.400. The Bertz CT molecular complexity index is 634. The summed E-state index contributed by atoms with van der Waals surface area (Å²) in [5.74, 6) is 0.595. The summed E-state index contributed by atoms with van der Waals surface area (Å²) in [6.45, 7) is 3.71. The van der Waals surface area contributed by atoms with E-state index >= 15 is 0 Å². The molecule has 0 aliphatic rings. The largest absolute Gasteiger partial charge is 0.496 e. The summed E-state index contributed by atoms with van der Waals surface area (Å²) in [6, 6.07) is 7.36. The van der Waals surface area contributed by atoms with Gasteiger partial charge in [-0.1, -0.05) is 26.0 Å². The summed E-state index contributed by atoms with van der Waals surface area (Å²) in [7, 11) is 1.58. The van der Waals surface area contributed by atoms with Crippen LogP contribution < -0.4 is 4.74 Å². The molecule has 0 saturated carbocycles. The molecule has 6 nitrogen and oxygen atoms in total. The predicted octanol–water partition coefficient (Wildman–Crippen LogP) is 2.79. The van der Waals surface area contributed by atoms with Crippen LogP contribution in [0.4, 0.5) is 0 Å². The minimum absolute atomic E-state index is 0.0410. The summed E-state index contributed by atoms with van der Waals surface area (Å²) >= 11 is 0. The van der Waals surface area contributed by atoms with Gasteiger partial charge in [-0.25, -0.2) is 0 Å². The standard InChI is InChI=1S/C15H18N2O4/c1-15(2,9-13(18)19)8-12-16-17-14(21-12)10-6-4-5-7-11(10)20-3/h4-7H,8-9H2,1-3H3,(H,18,19). The number of aliphatic carboxylic acids is 1. The smallest absolute Gasteiger partial charge is 0.303 e. The van der Waals surface area contributed by atoms with Gasteiger partial charge in [0.2, 0.25) is 5.89 Å². The zero-order valence-electron chi connectivity index (χ0n) is 12.3. The highest BCUT2D eigenvalue weighted by atomic mass is 16.5. The van der Waals surface area contributed by atoms with E-state index in [0.717, 1.165) is 5.56 Å². The maximum absolute atomic E-state index is 10.8. The van der Waals surface area contributed by atoms with Crippen molar-refractivity contribution in [1.82, 2.24) is 10.2 Å². The Morgan fingerprint density at radius 3 is 2.71 bits per heavy atom. The van der Waals surface area contributed by atoms with Gasteiger partial charge in [0.1, 0.15) is 5.75 Å². The van der Waals surface area contributed by atoms with Crippen LogP contribution >= 0.6 is 0 Å². The molecule has 1 N–H and O–H groups in total. The molecule has 1 heterocycles. The predicted molar refractivity (Wildman–Crippen MR) is 76.0 cm³/mol. The van der Waals surface area contributed by atoms with Gasteiger partial charge in [-0.05, 0) is 17.5 Å². The van der Waals surface area contributed by atoms with Crippen LogP contribution in [0.5, 0.6) is 5.75 Å². The summed E-state index contributed by atoms with van der Waals surface area (Å²) in [5.41, 5.74) is 0.269. The van der Waals surface area contributed by atoms with Gasteiger partial charge in [-0.2, -0.15) is 0 Å². The molecular formula is C15H18N2O4. The van der Waals surface area contributed by atoms with Crippen LogP contribution in [0, 0.1) is 5.41 Å². The highest BCUT2D eigenvalue weighted by molar-refractivity contribution is 5.67. The van der Waals surface area contributed by atoms with Crippen LogP contribution in [-0.4, -0.2) is 28.4 Å². The van der Waals surface area contributed by atoms with Crippen LogP contribution in [0.3, 0.4) is 0 Å². The van der Waals surface area contributed by atoms with E-state index < -0.39 is 11.4 Å². The number of carbonyl (C=O) groups is 1. The number of hydrogen-bond donors (Lipinski definition) is 1. The number of aromatic nitrogens is 2. The molecule has 0 atom stereocenters. The van der Waals surface area contributed by atoms with Crippen molar-refractivity contribution in [2.24, 2.45) is 5.41 Å². The molecule has 21 heavy (non-hydrogen) atoms. The normalized spacial score (nSPS) is 11.4. The number of ether oxygens (including phenoxy) is 1. The van der Waals surface area contributed by atoms with Crippen molar-refractivity contribution < 1.29 is 19.1 Å². The Morgan fingerprint density at radius 2 is 2.05 bits per heavy atom. The van der Waals surface area contributed by atoms with Crippen LogP contribution in [-0.2, 0) is 11.2 Å². The number of rotatable bonds is 6. The highest BCUT2D eigenvalue weighted by Crippen LogP contribution is 2.30. The maximum atomic E-state index is 10.8. The lowest BCUT2D eigenvalue weighted by Gasteiger charge is -2.19. The third kappa shape index (κ3) is 3.81. The van der Waals surface area contributed by atoms with Crippen molar-refractivity contribution in [3.8, 4) is 17.2 Å². The number of methoxy groups -OCH3 is 1. The third-order valence-corrected chi connectivity index (χ3v) is 3.06. The third-order valence-electron chi connectivity index (χ3n) is 3.06. The van der Waals surface area contributed by atoms with Crippen LogP contribution in [0.25, 0.3) is 11.5 Å². The van der Waals surface area contributed by atoms with Gasteiger partial charge in [-0.3, -0.25) is 4.79 Å². The monoisotopic (exact) mass is 290 g/mol. The second kappa shape index (κ2) is 5.95. The van der Waals surface area contributed by atoms with Crippen LogP contribution in [0.15, 0.2) is 28.7 Å². The molecule has 0 aliphatic heterocycles. The molecule has 0 saturated heterocycles. The van der Waals surface area contributed by atoms with Gasteiger partial charge in [0.05, 0.1) is 19.1 Å². The first-order valence-corrected chi connectivity index (χ1v) is 6.59. The molecule has 0 fully saturated rings. The van der Waals surface area contributed by atoms with E-state index in [2.05, 4.69) is 10.2 Å². The van der Waals surface area contributed by atoms with Gasteiger partial charge in [-0.15, -0.1) is 10.2 Å². The van der Waals surface area contributed by atoms with Crippen molar-refractivity contribution in [1.29, 1.82) is 0 Å². The van der Waals surface area contributed by atoms with Gasteiger partial charge in [0.25, 0.3) is 5.89 Å². The Morgan fingerprint density at radius 1 is 1.33 bits per heavy atom. The number of carboxylic acids is 1. The maximum Gasteiger partial charge on any atom is 0.303 e. The Hall–Kier alpha value is -2.37. The Balaban J connectivity index is 2.20. The average molecular weight is 290 g/mol. The van der Waals surface area contributed by atoms with E-state index in [1.165, 1.54) is 0 Å². The lowest BCUT2D eigenvalue weighted by atomic mass is 9.86. The van der Waals surface area contributed by atoms with Gasteiger partial charge < -0.3 is 14.3 Å². The van der Waals surface area contributed by atoms with Crippen molar-refractivity contribution in [3.05, 3.63) is 30.2 Å². The zero-order valence-corrected chi connectivity index (χ0v) is 12.3. The zero-order chi connectivity index (χ0) is 15.5. The van der Waals surface area contributed by atoms with E-state index in [9.17, 15) is 4.79 Å². The minimum Gasteiger partial charge on any atom is -0.496 e. The molecule has 0 unspecified atom stereocenters. The Kier molecular flexibility index (Phi) is 4.26. The topological polar surface area (TPSA) is 85.5 Å². The SMILES string of the molecule is COc1ccccc1-c1nnc(CC(C)(C)CC(=O)O)o1. The minimum atomic E-state index is -0.843. The molecule has 0 spiro atoms. The number of benzene rings is 1. The number of carboxylic acid groups (broad SMARTS) is 1. The summed E-state index contributed by atoms with van der Waals surface area (Å²) in [5, 5.41) is 16.9. The van der Waals surface area contributed by atoms with E-state index in [-0.39, 0.29) is 6.42 Å². The molecule has 6 heteroatoms. The van der Waals surface area contributed by atoms with Gasteiger partial charge >= 0.3 is 5.97 Å². The Labute approximate surface area is 122 Å². The highest BCUT2D eigenvalue weighted by Gasteiger charge is 2.25. The van der Waals surface area contributed by atoms with Crippen LogP contribution in [0.1, 0.15) is 26.2 Å². The van der Waals surface area contributed by atoms with Crippen molar-refractivity contribution in [2.45, 2.75) is 26.7 Å². The summed E-state index contributed by atoms with van der Waals surface area (Å²) in [4.78, 5) is 10.8. The fourth-order valence-corrected chi connectivity index (χ4v) is 2.14. The van der Waals surface area contributed by atoms with Gasteiger partial charge in [0, 0.05) is 6.42 Å². The first-order valence-electron chi connectivity index (χ1n) is 6.59. The number of hydrogen-bond acceptors (Lipinski definition) is 5. The lowest BCUT2D eigenvalue weighted by molar-refractivity contribution is -0.139. The van der Waals surface area contributed by atoms with Crippen molar-refractivity contribution in [3.63, 3.8) is 0 Å². The first kappa shape index (κ1) is 15.0. The van der Waals surface area contributed by atoms with E-state index in [1.54, 1.807) is 7.11 Å². The number of nitrogens with zero attached hydrogens (tertiary/aromatic N) is 2. The molecule has 112 valence electrons. The quantitative estimate of drug-likeness (QED) is 0.880. The molecular weight excluding hydrogens is 272 g/mol. The molecule has 0 amide bonds. The van der Waals surface area contributed by atoms with E-state index in [1.807, 2.05) is 38.1 Å². The number of para-hydroxylation sites is 1. The average Bonchev–Trinajstić information content (AvgIpc) is 2.84. The van der Waals surface area contributed by atoms with Crippen LogP contribution in [0.2, 0.25) is 0 Å². The molecule has 2 rings (SSSR count). The molecule has 0 radical (unpaired) electrons. The van der Waals surface area contributed by atoms with E-state index in [0.29, 0.717) is 24.0 Å². The fourth-order valence-electron chi connectivity index (χ4n) is 2.14. The summed E-state index contributed by atoms with van der Waals surface area (Å²) in [6.07, 6.45) is 0.445. The molecule has 0 bridgehead atoms. The second-order valence-corrected chi connectivity index (χ2v) is 5.61. The molecule has 1 aromatic heterocycles. The second-order valence-electron chi connectivity index (χ2n) is 5.61. The molecule has 2 aromatic rings. The van der Waals surface area contributed by atoms with Gasteiger partial charge in [0.15, 0.2) is 0 Å². The molecule has 0 aliphatic carbocycles. The lowest BCUT2D eigenvalue weighted by Crippen LogP contribution is -2.19. The summed E-state index contributed by atoms with van der Waals surface area (Å²) < 4.78 is 10.9. The van der Waals surface area contributed by atoms with E-state index in [4.69, 9.17) is 14.3 Å².